The minimum atomic E-state index is -0.468. The van der Waals surface area contributed by atoms with E-state index in [0.717, 1.165) is 5.56 Å². The molecule has 0 aliphatic carbocycles. The maximum atomic E-state index is 11.0. The molecular weight excluding hydrogens is 168 g/mol. The number of nitrogens with two attached hydrogens (primary N) is 1. The summed E-state index contributed by atoms with van der Waals surface area (Å²) in [5, 5.41) is 3.60. The van der Waals surface area contributed by atoms with Crippen molar-refractivity contribution in [2.24, 2.45) is 10.9 Å². The molecule has 0 aromatic heterocycles. The van der Waals surface area contributed by atoms with Gasteiger partial charge >= 0.3 is 0 Å². The van der Waals surface area contributed by atoms with Gasteiger partial charge in [-0.25, -0.2) is 0 Å². The Kier molecular flexibility index (Phi) is 1.73. The van der Waals surface area contributed by atoms with Crippen molar-refractivity contribution in [2.75, 3.05) is 0 Å². The zero-order valence-corrected chi connectivity index (χ0v) is 6.81. The van der Waals surface area contributed by atoms with E-state index in [0.29, 0.717) is 5.75 Å². The summed E-state index contributed by atoms with van der Waals surface area (Å²) >= 11 is 0. The van der Waals surface area contributed by atoms with E-state index >= 15 is 0 Å². The molecule has 1 unspecified atom stereocenters. The number of amides is 1. The summed E-state index contributed by atoms with van der Waals surface area (Å²) < 4.78 is 0. The summed E-state index contributed by atoms with van der Waals surface area (Å²) in [7, 11) is 0. The van der Waals surface area contributed by atoms with Gasteiger partial charge in [-0.3, -0.25) is 4.79 Å². The molecular formula is C9H8N2O2. The third-order valence-corrected chi connectivity index (χ3v) is 1.92. The number of para-hydroxylation sites is 1. The zero-order chi connectivity index (χ0) is 9.26. The highest BCUT2D eigenvalue weighted by Crippen LogP contribution is 2.28. The van der Waals surface area contributed by atoms with Gasteiger partial charge in [0.15, 0.2) is 5.75 Å². The Hall–Kier alpha value is -1.84. The van der Waals surface area contributed by atoms with Gasteiger partial charge in [-0.15, -0.1) is 0 Å². The molecule has 1 atom stereocenters. The molecule has 0 fully saturated rings. The highest BCUT2D eigenvalue weighted by Gasteiger charge is 2.22. The molecule has 1 amide bonds. The highest BCUT2D eigenvalue weighted by molar-refractivity contribution is 5.99. The lowest BCUT2D eigenvalue weighted by atomic mass is 9.98. The van der Waals surface area contributed by atoms with E-state index in [1.54, 1.807) is 12.1 Å². The molecule has 0 radical (unpaired) electrons. The van der Waals surface area contributed by atoms with Crippen molar-refractivity contribution in [3.63, 3.8) is 0 Å². The molecule has 66 valence electrons. The first kappa shape index (κ1) is 7.79. The number of primary amides is 1. The van der Waals surface area contributed by atoms with Gasteiger partial charge in [0.05, 0.1) is 6.21 Å². The molecule has 1 aromatic rings. The van der Waals surface area contributed by atoms with Crippen LogP contribution in [0.15, 0.2) is 29.4 Å². The fourth-order valence-electron chi connectivity index (χ4n) is 1.28. The van der Waals surface area contributed by atoms with Crippen LogP contribution in [0.25, 0.3) is 0 Å². The van der Waals surface area contributed by atoms with Crippen molar-refractivity contribution in [1.82, 2.24) is 0 Å². The van der Waals surface area contributed by atoms with Crippen LogP contribution in [-0.4, -0.2) is 12.1 Å². The van der Waals surface area contributed by atoms with E-state index in [-0.39, 0.29) is 0 Å². The summed E-state index contributed by atoms with van der Waals surface area (Å²) in [4.78, 5) is 16.0. The van der Waals surface area contributed by atoms with E-state index in [1.165, 1.54) is 6.21 Å². The van der Waals surface area contributed by atoms with Crippen LogP contribution in [0.5, 0.6) is 5.75 Å². The van der Waals surface area contributed by atoms with Gasteiger partial charge in [0, 0.05) is 5.56 Å². The molecule has 0 saturated carbocycles. The zero-order valence-electron chi connectivity index (χ0n) is 6.81. The van der Waals surface area contributed by atoms with Crippen molar-refractivity contribution in [1.29, 1.82) is 0 Å². The Morgan fingerprint density at radius 1 is 1.46 bits per heavy atom. The Balaban J connectivity index is 2.48. The second-order valence-corrected chi connectivity index (χ2v) is 2.76. The first-order valence-corrected chi connectivity index (χ1v) is 3.88. The smallest absolute Gasteiger partial charge is 0.230 e. The SMILES string of the molecule is NC(=O)C1C=NOc2ccccc21. The second-order valence-electron chi connectivity index (χ2n) is 2.76. The maximum Gasteiger partial charge on any atom is 0.230 e. The molecule has 4 nitrogen and oxygen atoms in total. The van der Waals surface area contributed by atoms with Crippen LogP contribution in [-0.2, 0) is 4.79 Å². The first-order chi connectivity index (χ1) is 6.29. The molecule has 0 bridgehead atoms. The number of fused-ring (bicyclic) bond motifs is 1. The van der Waals surface area contributed by atoms with Crippen molar-refractivity contribution in [3.05, 3.63) is 29.8 Å². The van der Waals surface area contributed by atoms with Gasteiger partial charge in [0.2, 0.25) is 5.91 Å². The summed E-state index contributed by atoms with van der Waals surface area (Å²) in [6.45, 7) is 0. The molecule has 2 N–H and O–H groups in total. The minimum absolute atomic E-state index is 0.417. The quantitative estimate of drug-likeness (QED) is 0.682. The Morgan fingerprint density at radius 3 is 3.00 bits per heavy atom. The van der Waals surface area contributed by atoms with Crippen LogP contribution in [0.2, 0.25) is 0 Å². The fourth-order valence-corrected chi connectivity index (χ4v) is 1.28. The van der Waals surface area contributed by atoms with Gasteiger partial charge < -0.3 is 10.6 Å². The van der Waals surface area contributed by atoms with Crippen LogP contribution in [0.3, 0.4) is 0 Å². The summed E-state index contributed by atoms with van der Waals surface area (Å²) in [5.74, 6) is -0.293. The molecule has 4 heteroatoms. The Morgan fingerprint density at radius 2 is 2.23 bits per heavy atom. The molecule has 1 aromatic carbocycles. The maximum absolute atomic E-state index is 11.0. The van der Waals surface area contributed by atoms with E-state index in [1.807, 2.05) is 12.1 Å². The average molecular weight is 176 g/mol. The number of hydrogen-bond donors (Lipinski definition) is 1. The van der Waals surface area contributed by atoms with Crippen molar-refractivity contribution in [3.8, 4) is 5.75 Å². The standard InChI is InChI=1S/C9H8N2O2/c10-9(12)7-5-11-13-8-4-2-1-3-6(7)8/h1-5,7H,(H2,10,12). The normalized spacial score (nSPS) is 18.9. The number of nitrogens with zero attached hydrogens (tertiary/aromatic N) is 1. The minimum Gasteiger partial charge on any atom is -0.369 e. The average Bonchev–Trinajstić information content (AvgIpc) is 2.17. The van der Waals surface area contributed by atoms with Crippen molar-refractivity contribution in [2.45, 2.75) is 5.92 Å². The van der Waals surface area contributed by atoms with Gasteiger partial charge in [-0.1, -0.05) is 23.4 Å². The van der Waals surface area contributed by atoms with Gasteiger partial charge in [-0.05, 0) is 6.07 Å². The van der Waals surface area contributed by atoms with Crippen LogP contribution in [0.4, 0.5) is 0 Å². The summed E-state index contributed by atoms with van der Waals surface area (Å²) in [6.07, 6.45) is 1.41. The fraction of sp³-hybridized carbons (Fsp3) is 0.111. The molecule has 0 saturated heterocycles. The molecule has 1 aliphatic rings. The number of carbonyl (C=O) groups excluding carboxylic acids is 1. The van der Waals surface area contributed by atoms with Crippen LogP contribution >= 0.6 is 0 Å². The van der Waals surface area contributed by atoms with Gasteiger partial charge in [0.1, 0.15) is 5.92 Å². The lowest BCUT2D eigenvalue weighted by Gasteiger charge is -2.15. The van der Waals surface area contributed by atoms with Crippen molar-refractivity contribution >= 4 is 12.1 Å². The molecule has 2 rings (SSSR count). The Labute approximate surface area is 75.0 Å². The lowest BCUT2D eigenvalue weighted by molar-refractivity contribution is -0.118. The largest absolute Gasteiger partial charge is 0.369 e. The third-order valence-electron chi connectivity index (χ3n) is 1.92. The van der Waals surface area contributed by atoms with E-state index in [9.17, 15) is 4.79 Å². The number of benzene rings is 1. The van der Waals surface area contributed by atoms with Crippen LogP contribution in [0.1, 0.15) is 11.5 Å². The number of hydrogen-bond acceptors (Lipinski definition) is 3. The first-order valence-electron chi connectivity index (χ1n) is 3.88. The van der Waals surface area contributed by atoms with E-state index < -0.39 is 11.8 Å². The van der Waals surface area contributed by atoms with Crippen LogP contribution in [0, 0.1) is 0 Å². The van der Waals surface area contributed by atoms with Crippen molar-refractivity contribution < 1.29 is 9.63 Å². The van der Waals surface area contributed by atoms with Gasteiger partial charge in [0.25, 0.3) is 0 Å². The van der Waals surface area contributed by atoms with E-state index in [4.69, 9.17) is 10.6 Å². The predicted octanol–water partition coefficient (Wildman–Crippen LogP) is 0.634. The number of carbonyl (C=O) groups is 1. The Bertz CT molecular complexity index is 374. The highest BCUT2D eigenvalue weighted by atomic mass is 16.6. The number of oxime groups is 1. The summed E-state index contributed by atoms with van der Waals surface area (Å²) in [6, 6.07) is 7.20. The monoisotopic (exact) mass is 176 g/mol. The van der Waals surface area contributed by atoms with Gasteiger partial charge in [-0.2, -0.15) is 0 Å². The second kappa shape index (κ2) is 2.90. The predicted molar refractivity (Wildman–Crippen MR) is 47.5 cm³/mol. The third kappa shape index (κ3) is 1.26. The molecule has 1 aliphatic heterocycles. The van der Waals surface area contributed by atoms with E-state index in [2.05, 4.69) is 5.16 Å². The summed E-state index contributed by atoms with van der Waals surface area (Å²) in [5.41, 5.74) is 5.96. The lowest BCUT2D eigenvalue weighted by Crippen LogP contribution is -2.24. The number of rotatable bonds is 1. The van der Waals surface area contributed by atoms with Crippen LogP contribution < -0.4 is 10.6 Å². The molecule has 1 heterocycles. The topological polar surface area (TPSA) is 64.7 Å². The molecule has 13 heavy (non-hydrogen) atoms. The molecule has 0 spiro atoms.